The molecule has 3 atom stereocenters. The van der Waals surface area contributed by atoms with Crippen LogP contribution in [0.25, 0.3) is 0 Å². The third-order valence-electron chi connectivity index (χ3n) is 4.60. The molecule has 0 spiro atoms. The standard InChI is InChI=1S/C16H20O4S/c1-21(18,19)13-7-4-6-12(9-13)16(17)15-10-11-5-2-3-8-14(11)20-15/h2-3,5,8,12-13,15H,4,6-7,9-10H2,1H3. The Bertz CT molecular complexity index is 625. The lowest BCUT2D eigenvalue weighted by Gasteiger charge is -2.28. The third kappa shape index (κ3) is 2.98. The number of para-hydroxylation sites is 1. The van der Waals surface area contributed by atoms with E-state index in [-0.39, 0.29) is 17.0 Å². The molecule has 5 heteroatoms. The van der Waals surface area contributed by atoms with Crippen molar-refractivity contribution >= 4 is 15.6 Å². The molecule has 0 N–H and O–H groups in total. The van der Waals surface area contributed by atoms with Crippen molar-refractivity contribution in [2.75, 3.05) is 6.26 Å². The van der Waals surface area contributed by atoms with Crippen LogP contribution in [0, 0.1) is 5.92 Å². The molecule has 0 amide bonds. The Hall–Kier alpha value is -1.36. The molecule has 0 radical (unpaired) electrons. The zero-order valence-corrected chi connectivity index (χ0v) is 12.9. The number of Topliss-reactive ketones (excluding diaryl/α,β-unsaturated/α-hetero) is 1. The van der Waals surface area contributed by atoms with Crippen LogP contribution in [0.1, 0.15) is 31.2 Å². The van der Waals surface area contributed by atoms with Gasteiger partial charge in [0.25, 0.3) is 0 Å². The SMILES string of the molecule is CS(=O)(=O)C1CCCC(C(=O)C2Cc3ccccc3O2)C1. The van der Waals surface area contributed by atoms with Crippen LogP contribution in [0.2, 0.25) is 0 Å². The van der Waals surface area contributed by atoms with Gasteiger partial charge in [0.1, 0.15) is 15.6 Å². The first-order chi connectivity index (χ1) is 9.95. The van der Waals surface area contributed by atoms with E-state index in [4.69, 9.17) is 4.74 Å². The molecule has 2 aliphatic rings. The zero-order chi connectivity index (χ0) is 15.0. The summed E-state index contributed by atoms with van der Waals surface area (Å²) in [6.45, 7) is 0. The van der Waals surface area contributed by atoms with Crippen molar-refractivity contribution in [1.29, 1.82) is 0 Å². The number of hydrogen-bond donors (Lipinski definition) is 0. The maximum atomic E-state index is 12.6. The lowest BCUT2D eigenvalue weighted by Crippen LogP contribution is -2.37. The summed E-state index contributed by atoms with van der Waals surface area (Å²) in [5, 5.41) is -0.371. The second-order valence-electron chi connectivity index (χ2n) is 6.14. The van der Waals surface area contributed by atoms with Gasteiger partial charge in [0, 0.05) is 18.6 Å². The summed E-state index contributed by atoms with van der Waals surface area (Å²) < 4.78 is 29.2. The normalized spacial score (nSPS) is 28.7. The van der Waals surface area contributed by atoms with E-state index in [0.717, 1.165) is 24.2 Å². The number of carbonyl (C=O) groups is 1. The van der Waals surface area contributed by atoms with E-state index in [2.05, 4.69) is 0 Å². The molecule has 21 heavy (non-hydrogen) atoms. The van der Waals surface area contributed by atoms with Crippen molar-refractivity contribution in [2.45, 2.75) is 43.5 Å². The number of carbonyl (C=O) groups excluding carboxylic acids is 1. The fourth-order valence-electron chi connectivity index (χ4n) is 3.40. The van der Waals surface area contributed by atoms with E-state index in [9.17, 15) is 13.2 Å². The minimum atomic E-state index is -3.06. The first-order valence-electron chi connectivity index (χ1n) is 7.42. The molecule has 1 aliphatic heterocycles. The van der Waals surface area contributed by atoms with Crippen molar-refractivity contribution in [3.8, 4) is 5.75 Å². The maximum Gasteiger partial charge on any atom is 0.176 e. The van der Waals surface area contributed by atoms with Crippen molar-refractivity contribution in [3.05, 3.63) is 29.8 Å². The van der Waals surface area contributed by atoms with Gasteiger partial charge in [-0.2, -0.15) is 0 Å². The third-order valence-corrected chi connectivity index (χ3v) is 6.24. The Morgan fingerprint density at radius 2 is 2.00 bits per heavy atom. The molecule has 1 aromatic rings. The van der Waals surface area contributed by atoms with E-state index >= 15 is 0 Å². The number of ether oxygens (including phenoxy) is 1. The summed E-state index contributed by atoms with van der Waals surface area (Å²) >= 11 is 0. The quantitative estimate of drug-likeness (QED) is 0.858. The number of benzene rings is 1. The van der Waals surface area contributed by atoms with Gasteiger partial charge in [0.2, 0.25) is 0 Å². The van der Waals surface area contributed by atoms with Crippen LogP contribution in [-0.2, 0) is 21.1 Å². The molecule has 0 bridgehead atoms. The molecule has 1 saturated carbocycles. The molecule has 0 saturated heterocycles. The number of rotatable bonds is 3. The topological polar surface area (TPSA) is 60.4 Å². The van der Waals surface area contributed by atoms with Crippen molar-refractivity contribution in [3.63, 3.8) is 0 Å². The Balaban J connectivity index is 1.69. The van der Waals surface area contributed by atoms with Crippen molar-refractivity contribution in [1.82, 2.24) is 0 Å². The van der Waals surface area contributed by atoms with E-state index in [1.54, 1.807) is 0 Å². The summed E-state index contributed by atoms with van der Waals surface area (Å²) in [5.74, 6) is 0.670. The molecular weight excluding hydrogens is 288 g/mol. The minimum absolute atomic E-state index is 0.0690. The van der Waals surface area contributed by atoms with Gasteiger partial charge in [-0.25, -0.2) is 8.42 Å². The monoisotopic (exact) mass is 308 g/mol. The molecule has 3 rings (SSSR count). The largest absolute Gasteiger partial charge is 0.482 e. The van der Waals surface area contributed by atoms with Gasteiger partial charge in [-0.3, -0.25) is 4.79 Å². The van der Waals surface area contributed by atoms with Crippen molar-refractivity contribution < 1.29 is 17.9 Å². The van der Waals surface area contributed by atoms with E-state index in [1.807, 2.05) is 24.3 Å². The van der Waals surface area contributed by atoms with Gasteiger partial charge < -0.3 is 4.74 Å². The maximum absolute atomic E-state index is 12.6. The average molecular weight is 308 g/mol. The predicted octanol–water partition coefficient (Wildman–Crippen LogP) is 2.16. The molecule has 114 valence electrons. The van der Waals surface area contributed by atoms with Crippen LogP contribution in [0.4, 0.5) is 0 Å². The Morgan fingerprint density at radius 1 is 1.24 bits per heavy atom. The summed E-state index contributed by atoms with van der Waals surface area (Å²) in [7, 11) is -3.06. The van der Waals surface area contributed by atoms with Gasteiger partial charge in [-0.05, 0) is 30.9 Å². The van der Waals surface area contributed by atoms with Crippen LogP contribution in [0.15, 0.2) is 24.3 Å². The summed E-state index contributed by atoms with van der Waals surface area (Å²) in [6, 6.07) is 7.69. The number of sulfone groups is 1. The van der Waals surface area contributed by atoms with Gasteiger partial charge in [0.15, 0.2) is 11.9 Å². The minimum Gasteiger partial charge on any atom is -0.482 e. The lowest BCUT2D eigenvalue weighted by atomic mass is 9.83. The molecule has 1 heterocycles. The van der Waals surface area contributed by atoms with Crippen LogP contribution >= 0.6 is 0 Å². The molecule has 3 unspecified atom stereocenters. The first kappa shape index (κ1) is 14.6. The zero-order valence-electron chi connectivity index (χ0n) is 12.1. The smallest absolute Gasteiger partial charge is 0.176 e. The van der Waals surface area contributed by atoms with Crippen LogP contribution < -0.4 is 4.74 Å². The first-order valence-corrected chi connectivity index (χ1v) is 9.38. The molecule has 1 aromatic carbocycles. The molecule has 4 nitrogen and oxygen atoms in total. The Labute approximate surface area is 125 Å². The van der Waals surface area contributed by atoms with E-state index in [0.29, 0.717) is 19.3 Å². The number of fused-ring (bicyclic) bond motifs is 1. The summed E-state index contributed by atoms with van der Waals surface area (Å²) in [6.07, 6.45) is 4.14. The second-order valence-corrected chi connectivity index (χ2v) is 8.46. The summed E-state index contributed by atoms with van der Waals surface area (Å²) in [5.41, 5.74) is 1.06. The highest BCUT2D eigenvalue weighted by Gasteiger charge is 2.38. The van der Waals surface area contributed by atoms with Gasteiger partial charge in [0.05, 0.1) is 5.25 Å². The van der Waals surface area contributed by atoms with Gasteiger partial charge >= 0.3 is 0 Å². The van der Waals surface area contributed by atoms with Crippen LogP contribution in [0.3, 0.4) is 0 Å². The Morgan fingerprint density at radius 3 is 2.71 bits per heavy atom. The highest BCUT2D eigenvalue weighted by Crippen LogP contribution is 2.34. The van der Waals surface area contributed by atoms with E-state index in [1.165, 1.54) is 6.26 Å². The molecular formula is C16H20O4S. The Kier molecular flexibility index (Phi) is 3.78. The second kappa shape index (κ2) is 5.44. The van der Waals surface area contributed by atoms with Crippen molar-refractivity contribution in [2.24, 2.45) is 5.92 Å². The fourth-order valence-corrected chi connectivity index (χ4v) is 4.57. The molecule has 1 fully saturated rings. The average Bonchev–Trinajstić information content (AvgIpc) is 2.89. The number of hydrogen-bond acceptors (Lipinski definition) is 4. The number of ketones is 1. The predicted molar refractivity (Wildman–Crippen MR) is 80.2 cm³/mol. The van der Waals surface area contributed by atoms with Gasteiger partial charge in [-0.1, -0.05) is 24.6 Å². The van der Waals surface area contributed by atoms with Crippen LogP contribution in [0.5, 0.6) is 5.75 Å². The van der Waals surface area contributed by atoms with Gasteiger partial charge in [-0.15, -0.1) is 0 Å². The molecule has 1 aliphatic carbocycles. The lowest BCUT2D eigenvalue weighted by molar-refractivity contribution is -0.130. The summed E-state index contributed by atoms with van der Waals surface area (Å²) in [4.78, 5) is 12.6. The van der Waals surface area contributed by atoms with Crippen LogP contribution in [-0.4, -0.2) is 31.8 Å². The molecule has 0 aromatic heterocycles. The highest BCUT2D eigenvalue weighted by atomic mass is 32.2. The highest BCUT2D eigenvalue weighted by molar-refractivity contribution is 7.91. The fraction of sp³-hybridized carbons (Fsp3) is 0.562. The van der Waals surface area contributed by atoms with E-state index < -0.39 is 15.9 Å².